The van der Waals surface area contributed by atoms with Crippen molar-refractivity contribution in [3.8, 4) is 0 Å². The first-order valence-electron chi connectivity index (χ1n) is 4.03. The molecule has 0 spiro atoms. The minimum atomic E-state index is -1.21. The Morgan fingerprint density at radius 1 is 1.57 bits per heavy atom. The van der Waals surface area contributed by atoms with E-state index in [-0.39, 0.29) is 10.9 Å². The predicted molar refractivity (Wildman–Crippen MR) is 51.6 cm³/mol. The van der Waals surface area contributed by atoms with Crippen LogP contribution in [0.4, 0.5) is 10.1 Å². The highest BCUT2D eigenvalue weighted by molar-refractivity contribution is 6.34. The Labute approximate surface area is 85.0 Å². The molecule has 0 radical (unpaired) electrons. The lowest BCUT2D eigenvalue weighted by Crippen LogP contribution is -2.40. The second-order valence-electron chi connectivity index (χ2n) is 3.47. The van der Waals surface area contributed by atoms with Gasteiger partial charge in [0.05, 0.1) is 10.7 Å². The Morgan fingerprint density at radius 2 is 2.21 bits per heavy atom. The molecule has 3 nitrogen and oxygen atoms in total. The number of benzene rings is 1. The molecule has 1 amide bonds. The second-order valence-corrected chi connectivity index (χ2v) is 3.87. The molecule has 14 heavy (non-hydrogen) atoms. The van der Waals surface area contributed by atoms with Crippen LogP contribution in [0, 0.1) is 5.82 Å². The van der Waals surface area contributed by atoms with Crippen LogP contribution in [0.2, 0.25) is 5.02 Å². The first kappa shape index (κ1) is 9.43. The highest BCUT2D eigenvalue weighted by Crippen LogP contribution is 2.39. The zero-order valence-electron chi connectivity index (χ0n) is 7.40. The number of nitrogens with two attached hydrogens (primary N) is 1. The third-order valence-corrected chi connectivity index (χ3v) is 2.62. The molecular formula is C9H8ClFN2O. The summed E-state index contributed by atoms with van der Waals surface area (Å²) in [4.78, 5) is 11.4. The molecule has 0 bridgehead atoms. The van der Waals surface area contributed by atoms with Gasteiger partial charge in [-0.15, -0.1) is 0 Å². The van der Waals surface area contributed by atoms with Gasteiger partial charge < -0.3 is 11.1 Å². The molecule has 0 saturated heterocycles. The molecule has 0 aromatic heterocycles. The van der Waals surface area contributed by atoms with Crippen LogP contribution >= 0.6 is 11.6 Å². The van der Waals surface area contributed by atoms with Crippen molar-refractivity contribution in [1.82, 2.24) is 0 Å². The van der Waals surface area contributed by atoms with Crippen molar-refractivity contribution in [2.24, 2.45) is 5.73 Å². The van der Waals surface area contributed by atoms with E-state index < -0.39 is 11.4 Å². The van der Waals surface area contributed by atoms with Gasteiger partial charge in [-0.3, -0.25) is 4.79 Å². The molecule has 3 N–H and O–H groups in total. The largest absolute Gasteiger partial charge is 0.323 e. The second kappa shape index (κ2) is 2.68. The smallest absolute Gasteiger partial charge is 0.248 e. The van der Waals surface area contributed by atoms with Gasteiger partial charge in [-0.2, -0.15) is 0 Å². The highest BCUT2D eigenvalue weighted by atomic mass is 35.5. The maximum atomic E-state index is 13.0. The van der Waals surface area contributed by atoms with Gasteiger partial charge in [0.1, 0.15) is 11.4 Å². The number of carbonyl (C=O) groups excluding carboxylic acids is 1. The maximum absolute atomic E-state index is 13.0. The Morgan fingerprint density at radius 3 is 2.86 bits per heavy atom. The summed E-state index contributed by atoms with van der Waals surface area (Å²) in [5.41, 5.74) is 5.33. The van der Waals surface area contributed by atoms with Crippen LogP contribution in [-0.2, 0) is 10.3 Å². The summed E-state index contributed by atoms with van der Waals surface area (Å²) in [5, 5.41) is 2.69. The van der Waals surface area contributed by atoms with Crippen molar-refractivity contribution in [2.75, 3.05) is 5.32 Å². The lowest BCUT2D eigenvalue weighted by molar-refractivity contribution is -0.120. The number of amides is 1. The molecule has 1 aliphatic heterocycles. The van der Waals surface area contributed by atoms with Gasteiger partial charge in [0.15, 0.2) is 0 Å². The number of anilines is 1. The average Bonchev–Trinajstić information content (AvgIpc) is 2.28. The molecule has 0 saturated carbocycles. The Balaban J connectivity index is 2.71. The van der Waals surface area contributed by atoms with Crippen LogP contribution < -0.4 is 11.1 Å². The lowest BCUT2D eigenvalue weighted by Gasteiger charge is -2.14. The monoisotopic (exact) mass is 214 g/mol. The molecule has 2 rings (SSSR count). The molecule has 1 unspecified atom stereocenters. The van der Waals surface area contributed by atoms with Crippen LogP contribution in [0.1, 0.15) is 12.5 Å². The number of fused-ring (bicyclic) bond motifs is 1. The summed E-state index contributed by atoms with van der Waals surface area (Å²) in [5.74, 6) is -0.873. The Kier molecular flexibility index (Phi) is 1.81. The van der Waals surface area contributed by atoms with Crippen molar-refractivity contribution in [1.29, 1.82) is 0 Å². The minimum absolute atomic E-state index is 0.169. The van der Waals surface area contributed by atoms with Crippen LogP contribution in [0.15, 0.2) is 12.1 Å². The van der Waals surface area contributed by atoms with E-state index in [1.807, 2.05) is 0 Å². The van der Waals surface area contributed by atoms with Gasteiger partial charge in [0.2, 0.25) is 5.91 Å². The quantitative estimate of drug-likeness (QED) is 0.689. The predicted octanol–water partition coefficient (Wildman–Crippen LogP) is 1.61. The van der Waals surface area contributed by atoms with Gasteiger partial charge in [0.25, 0.3) is 0 Å². The van der Waals surface area contributed by atoms with E-state index in [2.05, 4.69) is 5.32 Å². The SMILES string of the molecule is CC1(N)C(=O)Nc2c(Cl)cc(F)cc21. The first-order chi connectivity index (χ1) is 6.43. The normalized spacial score (nSPS) is 24.7. The molecule has 5 heteroatoms. The molecule has 74 valence electrons. The fourth-order valence-electron chi connectivity index (χ4n) is 1.48. The molecule has 1 aliphatic rings. The van der Waals surface area contributed by atoms with Gasteiger partial charge in [-0.1, -0.05) is 11.6 Å². The molecular weight excluding hydrogens is 207 g/mol. The summed E-state index contributed by atoms with van der Waals surface area (Å²) in [6.07, 6.45) is 0. The third-order valence-electron chi connectivity index (χ3n) is 2.32. The summed E-state index contributed by atoms with van der Waals surface area (Å²) in [6, 6.07) is 2.36. The topological polar surface area (TPSA) is 55.1 Å². The summed E-state index contributed by atoms with van der Waals surface area (Å²) < 4.78 is 13.0. The van der Waals surface area contributed by atoms with Crippen molar-refractivity contribution < 1.29 is 9.18 Å². The number of halogens is 2. The summed E-state index contributed by atoms with van der Waals surface area (Å²) in [6.45, 7) is 1.52. The lowest BCUT2D eigenvalue weighted by atomic mass is 9.95. The van der Waals surface area contributed by atoms with Crippen molar-refractivity contribution in [3.05, 3.63) is 28.5 Å². The van der Waals surface area contributed by atoms with E-state index in [0.717, 1.165) is 6.07 Å². The van der Waals surface area contributed by atoms with Crippen LogP contribution in [0.5, 0.6) is 0 Å². The number of nitrogens with one attached hydrogen (secondary N) is 1. The van der Waals surface area contributed by atoms with Gasteiger partial charge >= 0.3 is 0 Å². The van der Waals surface area contributed by atoms with Gasteiger partial charge in [-0.05, 0) is 19.1 Å². The number of carbonyl (C=O) groups is 1. The van der Waals surface area contributed by atoms with Crippen LogP contribution in [0.25, 0.3) is 0 Å². The number of hydrogen-bond acceptors (Lipinski definition) is 2. The zero-order chi connectivity index (χ0) is 10.5. The van der Waals surface area contributed by atoms with Gasteiger partial charge in [0, 0.05) is 5.56 Å². The van der Waals surface area contributed by atoms with E-state index in [0.29, 0.717) is 11.3 Å². The van der Waals surface area contributed by atoms with E-state index in [1.54, 1.807) is 0 Å². The Bertz CT molecular complexity index is 431. The van der Waals surface area contributed by atoms with Gasteiger partial charge in [-0.25, -0.2) is 4.39 Å². The standard InChI is InChI=1S/C9H8ClFN2O/c1-9(12)5-2-4(11)3-6(10)7(5)13-8(9)14/h2-3H,12H2,1H3,(H,13,14). The van der Waals surface area contributed by atoms with Crippen LogP contribution in [0.3, 0.4) is 0 Å². The van der Waals surface area contributed by atoms with E-state index >= 15 is 0 Å². The summed E-state index contributed by atoms with van der Waals surface area (Å²) in [7, 11) is 0. The zero-order valence-corrected chi connectivity index (χ0v) is 8.15. The fraction of sp³-hybridized carbons (Fsp3) is 0.222. The molecule has 0 fully saturated rings. The molecule has 1 aromatic rings. The Hall–Kier alpha value is -1.13. The van der Waals surface area contributed by atoms with Crippen molar-refractivity contribution in [3.63, 3.8) is 0 Å². The first-order valence-corrected chi connectivity index (χ1v) is 4.40. The van der Waals surface area contributed by atoms with Crippen LogP contribution in [-0.4, -0.2) is 5.91 Å². The number of rotatable bonds is 0. The molecule has 0 aliphatic carbocycles. The van der Waals surface area contributed by atoms with E-state index in [9.17, 15) is 9.18 Å². The average molecular weight is 215 g/mol. The van der Waals surface area contributed by atoms with E-state index in [1.165, 1.54) is 13.0 Å². The third kappa shape index (κ3) is 1.11. The maximum Gasteiger partial charge on any atom is 0.248 e. The molecule has 1 atom stereocenters. The summed E-state index contributed by atoms with van der Waals surface area (Å²) >= 11 is 5.76. The van der Waals surface area contributed by atoms with E-state index in [4.69, 9.17) is 17.3 Å². The number of hydrogen-bond donors (Lipinski definition) is 2. The van der Waals surface area contributed by atoms with Crippen molar-refractivity contribution >= 4 is 23.2 Å². The minimum Gasteiger partial charge on any atom is -0.323 e. The molecule has 1 heterocycles. The highest BCUT2D eigenvalue weighted by Gasteiger charge is 2.40. The van der Waals surface area contributed by atoms with Crippen molar-refractivity contribution in [2.45, 2.75) is 12.5 Å². The molecule has 1 aromatic carbocycles. The fourth-order valence-corrected chi connectivity index (χ4v) is 1.73.